The molecule has 0 atom stereocenters. The van der Waals surface area contributed by atoms with E-state index in [9.17, 15) is 18.4 Å². The molecule has 1 fully saturated rings. The van der Waals surface area contributed by atoms with Gasteiger partial charge in [-0.2, -0.15) is 0 Å². The Morgan fingerprint density at radius 2 is 1.94 bits per heavy atom. The Hall–Kier alpha value is -1.78. The second-order valence-electron chi connectivity index (χ2n) is 3.65. The minimum Gasteiger partial charge on any atom is -0.331 e. The standard InChI is InChI=1S/C11H9F2NO2/c12-8-2-1-7(5-9(8)13)6-14-4-3-10(15)11(14)16/h1-2,5H,3-4,6H2. The highest BCUT2D eigenvalue weighted by Gasteiger charge is 2.28. The number of hydrogen-bond acceptors (Lipinski definition) is 2. The van der Waals surface area contributed by atoms with E-state index in [1.165, 1.54) is 11.0 Å². The maximum Gasteiger partial charge on any atom is 0.290 e. The van der Waals surface area contributed by atoms with Gasteiger partial charge in [0, 0.05) is 19.5 Å². The van der Waals surface area contributed by atoms with Crippen LogP contribution in [-0.4, -0.2) is 23.1 Å². The van der Waals surface area contributed by atoms with E-state index in [4.69, 9.17) is 0 Å². The molecule has 16 heavy (non-hydrogen) atoms. The van der Waals surface area contributed by atoms with Gasteiger partial charge in [0.2, 0.25) is 5.78 Å². The van der Waals surface area contributed by atoms with Gasteiger partial charge in [0.1, 0.15) is 0 Å². The minimum absolute atomic E-state index is 0.141. The van der Waals surface area contributed by atoms with Crippen molar-refractivity contribution in [2.75, 3.05) is 6.54 Å². The van der Waals surface area contributed by atoms with Crippen molar-refractivity contribution in [3.63, 3.8) is 0 Å². The second kappa shape index (κ2) is 4.00. The zero-order chi connectivity index (χ0) is 11.7. The first kappa shape index (κ1) is 10.7. The Kier molecular flexibility index (Phi) is 2.68. The number of halogens is 2. The average molecular weight is 225 g/mol. The molecule has 5 heteroatoms. The second-order valence-corrected chi connectivity index (χ2v) is 3.65. The van der Waals surface area contributed by atoms with E-state index in [0.717, 1.165) is 12.1 Å². The number of ketones is 1. The van der Waals surface area contributed by atoms with E-state index in [-0.39, 0.29) is 13.0 Å². The zero-order valence-corrected chi connectivity index (χ0v) is 8.37. The van der Waals surface area contributed by atoms with Crippen LogP contribution in [-0.2, 0) is 16.1 Å². The number of carbonyl (C=O) groups excluding carboxylic acids is 2. The van der Waals surface area contributed by atoms with Crippen molar-refractivity contribution in [1.29, 1.82) is 0 Å². The number of hydrogen-bond donors (Lipinski definition) is 0. The molecule has 0 N–H and O–H groups in total. The van der Waals surface area contributed by atoms with Crippen LogP contribution in [0.2, 0.25) is 0 Å². The molecule has 3 nitrogen and oxygen atoms in total. The number of likely N-dealkylation sites (tertiary alicyclic amines) is 1. The van der Waals surface area contributed by atoms with Gasteiger partial charge in [-0.1, -0.05) is 6.07 Å². The number of Topliss-reactive ketones (excluding diaryl/α,β-unsaturated/α-hetero) is 1. The third-order valence-electron chi connectivity index (χ3n) is 2.49. The molecule has 0 spiro atoms. The average Bonchev–Trinajstić information content (AvgIpc) is 2.55. The van der Waals surface area contributed by atoms with Crippen molar-refractivity contribution in [3.05, 3.63) is 35.4 Å². The minimum atomic E-state index is -0.949. The van der Waals surface area contributed by atoms with Crippen LogP contribution in [0.3, 0.4) is 0 Å². The first-order chi connectivity index (χ1) is 7.58. The van der Waals surface area contributed by atoms with Crippen LogP contribution in [0.1, 0.15) is 12.0 Å². The summed E-state index contributed by atoms with van der Waals surface area (Å²) in [6.45, 7) is 0.485. The molecule has 1 heterocycles. The Labute approximate surface area is 90.7 Å². The quantitative estimate of drug-likeness (QED) is 0.711. The van der Waals surface area contributed by atoms with Gasteiger partial charge >= 0.3 is 0 Å². The largest absolute Gasteiger partial charge is 0.331 e. The third kappa shape index (κ3) is 1.93. The molecule has 0 saturated carbocycles. The molecule has 0 bridgehead atoms. The molecular formula is C11H9F2NO2. The summed E-state index contributed by atoms with van der Waals surface area (Å²) in [5.74, 6) is -2.85. The molecule has 1 aliphatic heterocycles. The molecular weight excluding hydrogens is 216 g/mol. The van der Waals surface area contributed by atoms with Crippen LogP contribution in [0.25, 0.3) is 0 Å². The summed E-state index contributed by atoms with van der Waals surface area (Å²) in [7, 11) is 0. The van der Waals surface area contributed by atoms with E-state index in [1.54, 1.807) is 0 Å². The highest BCUT2D eigenvalue weighted by Crippen LogP contribution is 2.14. The Morgan fingerprint density at radius 3 is 2.50 bits per heavy atom. The fraction of sp³-hybridized carbons (Fsp3) is 0.273. The van der Waals surface area contributed by atoms with Crippen molar-refractivity contribution in [3.8, 4) is 0 Å². The molecule has 1 amide bonds. The van der Waals surface area contributed by atoms with Gasteiger partial charge in [-0.25, -0.2) is 8.78 Å². The fourth-order valence-corrected chi connectivity index (χ4v) is 1.63. The van der Waals surface area contributed by atoms with E-state index in [1.807, 2.05) is 0 Å². The van der Waals surface area contributed by atoms with Crippen molar-refractivity contribution in [2.24, 2.45) is 0 Å². The van der Waals surface area contributed by atoms with Crippen molar-refractivity contribution < 1.29 is 18.4 Å². The van der Waals surface area contributed by atoms with Crippen LogP contribution in [0.4, 0.5) is 8.78 Å². The topological polar surface area (TPSA) is 37.4 Å². The molecule has 1 aromatic carbocycles. The lowest BCUT2D eigenvalue weighted by Gasteiger charge is -2.14. The van der Waals surface area contributed by atoms with Crippen LogP contribution in [0.5, 0.6) is 0 Å². The molecule has 1 aromatic rings. The molecule has 1 aliphatic rings. The number of amides is 1. The van der Waals surface area contributed by atoms with Crippen molar-refractivity contribution in [1.82, 2.24) is 4.90 Å². The van der Waals surface area contributed by atoms with Crippen LogP contribution in [0, 0.1) is 11.6 Å². The van der Waals surface area contributed by atoms with Crippen LogP contribution in [0.15, 0.2) is 18.2 Å². The molecule has 0 radical (unpaired) electrons. The summed E-state index contributed by atoms with van der Waals surface area (Å²) in [4.78, 5) is 23.6. The lowest BCUT2D eigenvalue weighted by atomic mass is 10.2. The van der Waals surface area contributed by atoms with Crippen molar-refractivity contribution in [2.45, 2.75) is 13.0 Å². The number of rotatable bonds is 2. The summed E-state index contributed by atoms with van der Waals surface area (Å²) in [5, 5.41) is 0. The highest BCUT2D eigenvalue weighted by atomic mass is 19.2. The summed E-state index contributed by atoms with van der Waals surface area (Å²) in [6, 6.07) is 3.44. The van der Waals surface area contributed by atoms with Gasteiger partial charge in [0.05, 0.1) is 0 Å². The smallest absolute Gasteiger partial charge is 0.290 e. The van der Waals surface area contributed by atoms with Gasteiger partial charge in [0.15, 0.2) is 11.6 Å². The summed E-state index contributed by atoms with van der Waals surface area (Å²) in [5.41, 5.74) is 0.474. The first-order valence-electron chi connectivity index (χ1n) is 4.84. The Morgan fingerprint density at radius 1 is 1.19 bits per heavy atom. The maximum absolute atomic E-state index is 12.9. The van der Waals surface area contributed by atoms with E-state index in [2.05, 4.69) is 0 Å². The van der Waals surface area contributed by atoms with Gasteiger partial charge in [-0.3, -0.25) is 9.59 Å². The van der Waals surface area contributed by atoms with Crippen molar-refractivity contribution >= 4 is 11.7 Å². The lowest BCUT2D eigenvalue weighted by molar-refractivity contribution is -0.140. The lowest BCUT2D eigenvalue weighted by Crippen LogP contribution is -2.26. The molecule has 0 aliphatic carbocycles. The molecule has 0 unspecified atom stereocenters. The van der Waals surface area contributed by atoms with Gasteiger partial charge in [-0.05, 0) is 17.7 Å². The number of benzene rings is 1. The normalized spacial score (nSPS) is 16.0. The molecule has 1 saturated heterocycles. The SMILES string of the molecule is O=C1CCN(Cc2ccc(F)c(F)c2)C1=O. The summed E-state index contributed by atoms with van der Waals surface area (Å²) < 4.78 is 25.5. The Balaban J connectivity index is 2.12. The predicted molar refractivity (Wildman–Crippen MR) is 51.4 cm³/mol. The summed E-state index contributed by atoms with van der Waals surface area (Å²) >= 11 is 0. The van der Waals surface area contributed by atoms with Gasteiger partial charge < -0.3 is 4.90 Å². The fourth-order valence-electron chi connectivity index (χ4n) is 1.63. The van der Waals surface area contributed by atoms with Gasteiger partial charge in [-0.15, -0.1) is 0 Å². The molecule has 84 valence electrons. The maximum atomic E-state index is 12.9. The molecule has 0 aromatic heterocycles. The van der Waals surface area contributed by atoms with E-state index >= 15 is 0 Å². The third-order valence-corrected chi connectivity index (χ3v) is 2.49. The number of nitrogens with zero attached hydrogens (tertiary/aromatic N) is 1. The monoisotopic (exact) mass is 225 g/mol. The van der Waals surface area contributed by atoms with Crippen LogP contribution >= 0.6 is 0 Å². The first-order valence-corrected chi connectivity index (χ1v) is 4.84. The number of carbonyl (C=O) groups is 2. The van der Waals surface area contributed by atoms with Crippen LogP contribution < -0.4 is 0 Å². The zero-order valence-electron chi connectivity index (χ0n) is 8.37. The summed E-state index contributed by atoms with van der Waals surface area (Å²) in [6.07, 6.45) is 0.197. The molecule has 2 rings (SSSR count). The Bertz CT molecular complexity index is 459. The predicted octanol–water partition coefficient (Wildman–Crippen LogP) is 1.27. The van der Waals surface area contributed by atoms with Gasteiger partial charge in [0.25, 0.3) is 5.91 Å². The highest BCUT2D eigenvalue weighted by molar-refractivity contribution is 6.37. The van der Waals surface area contributed by atoms with E-state index < -0.39 is 23.3 Å². The van der Waals surface area contributed by atoms with E-state index in [0.29, 0.717) is 12.1 Å².